The van der Waals surface area contributed by atoms with E-state index in [1.165, 1.54) is 6.33 Å². The summed E-state index contributed by atoms with van der Waals surface area (Å²) >= 11 is 0. The molecule has 0 spiro atoms. The van der Waals surface area contributed by atoms with E-state index < -0.39 is 12.0 Å². The Morgan fingerprint density at radius 3 is 2.41 bits per heavy atom. The molecule has 1 aliphatic carbocycles. The maximum Gasteiger partial charge on any atom is 0.326 e. The minimum atomic E-state index is -0.936. The summed E-state index contributed by atoms with van der Waals surface area (Å²) in [5, 5.41) is 12.6. The lowest BCUT2D eigenvalue weighted by atomic mass is 10.00. The number of carboxylic acids is 1. The van der Waals surface area contributed by atoms with Crippen LogP contribution in [0.15, 0.2) is 90.8 Å². The van der Waals surface area contributed by atoms with E-state index in [1.807, 2.05) is 36.4 Å². The maximum atomic E-state index is 12.6. The first kappa shape index (κ1) is 21.2. The second kappa shape index (κ2) is 9.83. The average molecular weight is 425 g/mol. The van der Waals surface area contributed by atoms with Crippen LogP contribution in [0.1, 0.15) is 35.2 Å². The number of hydrogen-bond acceptors (Lipinski definition) is 5. The van der Waals surface area contributed by atoms with Crippen molar-refractivity contribution in [2.75, 3.05) is 5.32 Å². The van der Waals surface area contributed by atoms with Gasteiger partial charge >= 0.3 is 5.97 Å². The normalized spacial score (nSPS) is 13.8. The third-order valence-electron chi connectivity index (χ3n) is 5.28. The number of allylic oxidation sites excluding steroid dienone is 3. The largest absolute Gasteiger partial charge is 0.480 e. The molecule has 0 amide bonds. The molecule has 160 valence electrons. The molecule has 6 nitrogen and oxygen atoms in total. The van der Waals surface area contributed by atoms with Crippen LogP contribution in [0.3, 0.4) is 0 Å². The Bertz CT molecular complexity index is 1170. The molecule has 1 aromatic heterocycles. The molecule has 6 heteroatoms. The van der Waals surface area contributed by atoms with Crippen molar-refractivity contribution in [3.05, 3.63) is 102 Å². The summed E-state index contributed by atoms with van der Waals surface area (Å²) in [5.41, 5.74) is 3.68. The van der Waals surface area contributed by atoms with E-state index in [2.05, 4.69) is 27.4 Å². The topological polar surface area (TPSA) is 92.2 Å². The number of carboxylic acid groups (broad SMARTS) is 1. The first-order valence-electron chi connectivity index (χ1n) is 10.5. The van der Waals surface area contributed by atoms with Gasteiger partial charge in [-0.05, 0) is 18.4 Å². The SMILES string of the molecule is O=C(c1ccccc1)c1ccc(-c2cc(NC(CC3=CCCC=C3)C(=O)O)ncn2)cc1. The fourth-order valence-corrected chi connectivity index (χ4v) is 3.58. The smallest absolute Gasteiger partial charge is 0.326 e. The predicted octanol–water partition coefficient (Wildman–Crippen LogP) is 4.91. The summed E-state index contributed by atoms with van der Waals surface area (Å²) in [6.07, 6.45) is 9.80. The molecule has 3 aromatic rings. The number of carbonyl (C=O) groups excluding carboxylic acids is 1. The zero-order chi connectivity index (χ0) is 22.3. The van der Waals surface area contributed by atoms with Gasteiger partial charge in [0.05, 0.1) is 5.69 Å². The molecule has 0 saturated carbocycles. The van der Waals surface area contributed by atoms with Gasteiger partial charge in [0.2, 0.25) is 0 Å². The number of aromatic nitrogens is 2. The molecule has 0 aliphatic heterocycles. The van der Waals surface area contributed by atoms with Gasteiger partial charge in [-0.25, -0.2) is 14.8 Å². The number of carbonyl (C=O) groups is 2. The van der Waals surface area contributed by atoms with E-state index in [4.69, 9.17) is 0 Å². The first-order valence-corrected chi connectivity index (χ1v) is 10.5. The molecule has 2 aromatic carbocycles. The van der Waals surface area contributed by atoms with Crippen molar-refractivity contribution in [2.45, 2.75) is 25.3 Å². The summed E-state index contributed by atoms with van der Waals surface area (Å²) in [5.74, 6) is -0.543. The molecule has 1 aliphatic rings. The Kier molecular flexibility index (Phi) is 6.51. The lowest BCUT2D eigenvalue weighted by Gasteiger charge is -2.17. The number of hydrogen-bond donors (Lipinski definition) is 2. The lowest BCUT2D eigenvalue weighted by molar-refractivity contribution is -0.137. The molecular weight excluding hydrogens is 402 g/mol. The summed E-state index contributed by atoms with van der Waals surface area (Å²) < 4.78 is 0. The van der Waals surface area contributed by atoms with Crippen LogP contribution in [0.25, 0.3) is 11.3 Å². The Morgan fingerprint density at radius 1 is 0.969 bits per heavy atom. The van der Waals surface area contributed by atoms with Gasteiger partial charge in [-0.2, -0.15) is 0 Å². The molecule has 0 saturated heterocycles. The van der Waals surface area contributed by atoms with Crippen LogP contribution in [0.2, 0.25) is 0 Å². The van der Waals surface area contributed by atoms with Crippen LogP contribution in [-0.4, -0.2) is 32.9 Å². The Hall–Kier alpha value is -4.06. The number of rotatable bonds is 8. The van der Waals surface area contributed by atoms with E-state index in [9.17, 15) is 14.7 Å². The quantitative estimate of drug-likeness (QED) is 0.499. The van der Waals surface area contributed by atoms with Crippen LogP contribution >= 0.6 is 0 Å². The number of aliphatic carboxylic acids is 1. The zero-order valence-electron chi connectivity index (χ0n) is 17.4. The van der Waals surface area contributed by atoms with E-state index in [1.54, 1.807) is 30.3 Å². The van der Waals surface area contributed by atoms with Crippen LogP contribution in [0, 0.1) is 0 Å². The molecule has 4 rings (SSSR count). The number of ketones is 1. The number of benzene rings is 2. The summed E-state index contributed by atoms with van der Waals surface area (Å²) in [6, 6.07) is 17.2. The van der Waals surface area contributed by atoms with Crippen molar-refractivity contribution in [2.24, 2.45) is 0 Å². The van der Waals surface area contributed by atoms with Crippen molar-refractivity contribution in [1.29, 1.82) is 0 Å². The highest BCUT2D eigenvalue weighted by Gasteiger charge is 2.19. The highest BCUT2D eigenvalue weighted by molar-refractivity contribution is 6.09. The summed E-state index contributed by atoms with van der Waals surface area (Å²) in [6.45, 7) is 0. The van der Waals surface area contributed by atoms with Crippen LogP contribution in [0.4, 0.5) is 5.82 Å². The van der Waals surface area contributed by atoms with Gasteiger partial charge in [0.25, 0.3) is 0 Å². The maximum absolute atomic E-state index is 12.6. The summed E-state index contributed by atoms with van der Waals surface area (Å²) in [4.78, 5) is 32.9. The van der Waals surface area contributed by atoms with Gasteiger partial charge in [-0.1, -0.05) is 72.8 Å². The summed E-state index contributed by atoms with van der Waals surface area (Å²) in [7, 11) is 0. The Balaban J connectivity index is 1.49. The van der Waals surface area contributed by atoms with E-state index in [0.717, 1.165) is 24.0 Å². The minimum Gasteiger partial charge on any atom is -0.480 e. The van der Waals surface area contributed by atoms with Gasteiger partial charge in [-0.3, -0.25) is 4.79 Å². The molecule has 1 unspecified atom stereocenters. The van der Waals surface area contributed by atoms with Crippen LogP contribution in [0.5, 0.6) is 0 Å². The van der Waals surface area contributed by atoms with Gasteiger partial charge in [0, 0.05) is 29.2 Å². The fourth-order valence-electron chi connectivity index (χ4n) is 3.58. The molecule has 0 fully saturated rings. The molecule has 0 radical (unpaired) electrons. The molecule has 1 heterocycles. The third kappa shape index (κ3) is 5.16. The zero-order valence-corrected chi connectivity index (χ0v) is 17.4. The Morgan fingerprint density at radius 2 is 1.72 bits per heavy atom. The van der Waals surface area contributed by atoms with Crippen molar-refractivity contribution < 1.29 is 14.7 Å². The minimum absolute atomic E-state index is 0.0439. The van der Waals surface area contributed by atoms with E-state index >= 15 is 0 Å². The van der Waals surface area contributed by atoms with Gasteiger partial charge in [0.15, 0.2) is 5.78 Å². The predicted molar refractivity (Wildman–Crippen MR) is 123 cm³/mol. The van der Waals surface area contributed by atoms with Crippen LogP contribution < -0.4 is 5.32 Å². The van der Waals surface area contributed by atoms with E-state index in [-0.39, 0.29) is 5.78 Å². The standard InChI is InChI=1S/C26H23N3O3/c30-25(20-9-5-2-6-10-20)21-13-11-19(12-14-21)22-16-24(28-17-27-22)29-23(26(31)32)15-18-7-3-1-4-8-18/h2-3,5-14,16-17,23H,1,4,15H2,(H,31,32)(H,27,28,29). The Labute approximate surface area is 186 Å². The average Bonchev–Trinajstić information content (AvgIpc) is 2.84. The highest BCUT2D eigenvalue weighted by atomic mass is 16.4. The van der Waals surface area contributed by atoms with Crippen LogP contribution in [-0.2, 0) is 4.79 Å². The number of nitrogens with zero attached hydrogens (tertiary/aromatic N) is 2. The first-order chi connectivity index (χ1) is 15.6. The van der Waals surface area contributed by atoms with Crippen molar-refractivity contribution >= 4 is 17.6 Å². The van der Waals surface area contributed by atoms with Crippen molar-refractivity contribution in [1.82, 2.24) is 9.97 Å². The fraction of sp³-hybridized carbons (Fsp3) is 0.154. The van der Waals surface area contributed by atoms with E-state index in [0.29, 0.717) is 29.1 Å². The second-order valence-electron chi connectivity index (χ2n) is 7.56. The molecule has 0 bridgehead atoms. The monoisotopic (exact) mass is 425 g/mol. The molecule has 1 atom stereocenters. The third-order valence-corrected chi connectivity index (χ3v) is 5.28. The van der Waals surface area contributed by atoms with Crippen molar-refractivity contribution in [3.63, 3.8) is 0 Å². The molecule has 32 heavy (non-hydrogen) atoms. The van der Waals surface area contributed by atoms with Gasteiger partial charge in [0.1, 0.15) is 18.2 Å². The highest BCUT2D eigenvalue weighted by Crippen LogP contribution is 2.22. The number of anilines is 1. The van der Waals surface area contributed by atoms with Gasteiger partial charge < -0.3 is 10.4 Å². The molecular formula is C26H23N3O3. The second-order valence-corrected chi connectivity index (χ2v) is 7.56. The van der Waals surface area contributed by atoms with Crippen molar-refractivity contribution in [3.8, 4) is 11.3 Å². The number of nitrogens with one attached hydrogen (secondary N) is 1. The van der Waals surface area contributed by atoms with Gasteiger partial charge in [-0.15, -0.1) is 0 Å². The lowest BCUT2D eigenvalue weighted by Crippen LogP contribution is -2.30. The molecule has 2 N–H and O–H groups in total.